The lowest BCUT2D eigenvalue weighted by Gasteiger charge is -2.22. The van der Waals surface area contributed by atoms with Crippen LogP contribution in [0.1, 0.15) is 26.2 Å². The van der Waals surface area contributed by atoms with Gasteiger partial charge in [-0.15, -0.1) is 0 Å². The highest BCUT2D eigenvalue weighted by Gasteiger charge is 2.21. The summed E-state index contributed by atoms with van der Waals surface area (Å²) in [4.78, 5) is 4.15. The summed E-state index contributed by atoms with van der Waals surface area (Å²) in [6.45, 7) is 4.64. The first kappa shape index (κ1) is 16.2. The Morgan fingerprint density at radius 3 is 2.86 bits per heavy atom. The first-order valence-electron chi connectivity index (χ1n) is 7.38. The molecular weight excluding hydrogens is 290 g/mol. The maximum Gasteiger partial charge on any atom is 0.244 e. The van der Waals surface area contributed by atoms with Gasteiger partial charge in [0.05, 0.1) is 5.69 Å². The summed E-state index contributed by atoms with van der Waals surface area (Å²) < 4.78 is 32.9. The zero-order chi connectivity index (χ0) is 15.1. The number of anilines is 1. The monoisotopic (exact) mass is 313 g/mol. The van der Waals surface area contributed by atoms with E-state index in [1.54, 1.807) is 12.3 Å². The molecule has 2 rings (SSSR count). The number of sulfonamides is 1. The van der Waals surface area contributed by atoms with E-state index in [4.69, 9.17) is 4.74 Å². The largest absolute Gasteiger partial charge is 0.384 e. The Kier molecular flexibility index (Phi) is 5.96. The molecule has 1 fully saturated rings. The Hall–Kier alpha value is -1.18. The van der Waals surface area contributed by atoms with Crippen LogP contribution in [-0.4, -0.2) is 39.7 Å². The Morgan fingerprint density at radius 2 is 2.14 bits per heavy atom. The molecule has 2 N–H and O–H groups in total. The van der Waals surface area contributed by atoms with Crippen LogP contribution in [0.5, 0.6) is 0 Å². The van der Waals surface area contributed by atoms with Crippen LogP contribution in [0, 0.1) is 5.92 Å². The molecule has 118 valence electrons. The number of nitrogens with zero attached hydrogens (tertiary/aromatic N) is 1. The second-order valence-corrected chi connectivity index (χ2v) is 6.94. The minimum Gasteiger partial charge on any atom is -0.384 e. The maximum atomic E-state index is 12.4. The number of nitrogens with one attached hydrogen (secondary N) is 2. The van der Waals surface area contributed by atoms with Crippen molar-refractivity contribution in [1.82, 2.24) is 9.71 Å². The van der Waals surface area contributed by atoms with Crippen molar-refractivity contribution in [2.75, 3.05) is 31.6 Å². The highest BCUT2D eigenvalue weighted by molar-refractivity contribution is 7.89. The van der Waals surface area contributed by atoms with Gasteiger partial charge in [0.2, 0.25) is 10.0 Å². The summed E-state index contributed by atoms with van der Waals surface area (Å²) >= 11 is 0. The van der Waals surface area contributed by atoms with Gasteiger partial charge in [-0.3, -0.25) is 4.98 Å². The fourth-order valence-corrected chi connectivity index (χ4v) is 3.50. The first-order valence-corrected chi connectivity index (χ1v) is 8.87. The first-order chi connectivity index (χ1) is 10.1. The second-order valence-electron chi connectivity index (χ2n) is 5.21. The van der Waals surface area contributed by atoms with Gasteiger partial charge >= 0.3 is 0 Å². The van der Waals surface area contributed by atoms with Gasteiger partial charge in [0.15, 0.2) is 0 Å². The SMILES string of the molecule is CCCNc1ccncc1S(=O)(=O)NCC1CCOCC1. The van der Waals surface area contributed by atoms with Crippen LogP contribution in [0.3, 0.4) is 0 Å². The Morgan fingerprint density at radius 1 is 1.38 bits per heavy atom. The van der Waals surface area contributed by atoms with Crippen molar-refractivity contribution < 1.29 is 13.2 Å². The van der Waals surface area contributed by atoms with Crippen molar-refractivity contribution in [3.8, 4) is 0 Å². The molecule has 0 bridgehead atoms. The molecule has 0 radical (unpaired) electrons. The van der Waals surface area contributed by atoms with Gasteiger partial charge in [0.1, 0.15) is 4.90 Å². The van der Waals surface area contributed by atoms with E-state index in [0.717, 1.165) is 25.8 Å². The number of hydrogen-bond donors (Lipinski definition) is 2. The molecule has 0 saturated carbocycles. The average molecular weight is 313 g/mol. The van der Waals surface area contributed by atoms with Crippen LogP contribution >= 0.6 is 0 Å². The molecule has 1 aliphatic heterocycles. The lowest BCUT2D eigenvalue weighted by atomic mass is 10.0. The highest BCUT2D eigenvalue weighted by atomic mass is 32.2. The van der Waals surface area contributed by atoms with Crippen molar-refractivity contribution in [3.05, 3.63) is 18.5 Å². The van der Waals surface area contributed by atoms with Gasteiger partial charge in [0.25, 0.3) is 0 Å². The summed E-state index contributed by atoms with van der Waals surface area (Å²) in [7, 11) is -3.54. The molecule has 0 aromatic carbocycles. The van der Waals surface area contributed by atoms with E-state index in [1.807, 2.05) is 6.92 Å². The Bertz CT molecular complexity index is 542. The van der Waals surface area contributed by atoms with Gasteiger partial charge in [-0.2, -0.15) is 0 Å². The third-order valence-corrected chi connectivity index (χ3v) is 4.99. The van der Waals surface area contributed by atoms with Crippen molar-refractivity contribution >= 4 is 15.7 Å². The number of aromatic nitrogens is 1. The number of pyridine rings is 1. The molecule has 1 aromatic rings. The molecular formula is C14H23N3O3S. The summed E-state index contributed by atoms with van der Waals surface area (Å²) in [5.74, 6) is 0.345. The normalized spacial score (nSPS) is 16.8. The van der Waals surface area contributed by atoms with E-state index in [-0.39, 0.29) is 4.90 Å². The Balaban J connectivity index is 2.04. The van der Waals surface area contributed by atoms with Crippen molar-refractivity contribution in [2.45, 2.75) is 31.1 Å². The smallest absolute Gasteiger partial charge is 0.244 e. The van der Waals surface area contributed by atoms with Crippen LogP contribution in [0.4, 0.5) is 5.69 Å². The molecule has 1 saturated heterocycles. The summed E-state index contributed by atoms with van der Waals surface area (Å²) in [6.07, 6.45) is 5.71. The highest BCUT2D eigenvalue weighted by Crippen LogP contribution is 2.20. The number of rotatable bonds is 7. The van der Waals surface area contributed by atoms with E-state index in [9.17, 15) is 8.42 Å². The third kappa shape index (κ3) is 4.66. The van der Waals surface area contributed by atoms with E-state index < -0.39 is 10.0 Å². The fraction of sp³-hybridized carbons (Fsp3) is 0.643. The number of hydrogen-bond acceptors (Lipinski definition) is 5. The second kappa shape index (κ2) is 7.72. The molecule has 1 aromatic heterocycles. The lowest BCUT2D eigenvalue weighted by molar-refractivity contribution is 0.0678. The molecule has 0 atom stereocenters. The molecule has 2 heterocycles. The predicted molar refractivity (Wildman–Crippen MR) is 81.7 cm³/mol. The third-order valence-electron chi connectivity index (χ3n) is 3.54. The van der Waals surface area contributed by atoms with Crippen molar-refractivity contribution in [3.63, 3.8) is 0 Å². The topological polar surface area (TPSA) is 80.3 Å². The summed E-state index contributed by atoms with van der Waals surface area (Å²) in [5, 5.41) is 3.13. The van der Waals surface area contributed by atoms with E-state index in [0.29, 0.717) is 31.4 Å². The van der Waals surface area contributed by atoms with Crippen LogP contribution in [0.25, 0.3) is 0 Å². The molecule has 21 heavy (non-hydrogen) atoms. The van der Waals surface area contributed by atoms with Gasteiger partial charge in [0, 0.05) is 38.7 Å². The maximum absolute atomic E-state index is 12.4. The van der Waals surface area contributed by atoms with Crippen molar-refractivity contribution in [1.29, 1.82) is 0 Å². The van der Waals surface area contributed by atoms with E-state index in [2.05, 4.69) is 15.0 Å². The van der Waals surface area contributed by atoms with Gasteiger partial charge in [-0.25, -0.2) is 13.1 Å². The zero-order valence-corrected chi connectivity index (χ0v) is 13.2. The molecule has 0 aliphatic carbocycles. The van der Waals surface area contributed by atoms with Crippen LogP contribution in [0.15, 0.2) is 23.4 Å². The quantitative estimate of drug-likeness (QED) is 0.799. The van der Waals surface area contributed by atoms with Gasteiger partial charge in [-0.05, 0) is 31.2 Å². The van der Waals surface area contributed by atoms with Crippen LogP contribution < -0.4 is 10.0 Å². The van der Waals surface area contributed by atoms with Gasteiger partial charge < -0.3 is 10.1 Å². The van der Waals surface area contributed by atoms with Gasteiger partial charge in [-0.1, -0.05) is 6.92 Å². The van der Waals surface area contributed by atoms with Crippen LogP contribution in [0.2, 0.25) is 0 Å². The predicted octanol–water partition coefficient (Wildman–Crippen LogP) is 1.61. The molecule has 6 nitrogen and oxygen atoms in total. The molecule has 7 heteroatoms. The summed E-state index contributed by atoms with van der Waals surface area (Å²) in [6, 6.07) is 1.69. The average Bonchev–Trinajstić information content (AvgIpc) is 2.52. The fourth-order valence-electron chi connectivity index (χ4n) is 2.26. The molecule has 0 amide bonds. The van der Waals surface area contributed by atoms with Crippen molar-refractivity contribution in [2.24, 2.45) is 5.92 Å². The standard InChI is InChI=1S/C14H23N3O3S/c1-2-6-16-13-3-7-15-11-14(13)21(18,19)17-10-12-4-8-20-9-5-12/h3,7,11-12,17H,2,4-6,8-10H2,1H3,(H,15,16). The minimum absolute atomic E-state index is 0.213. The minimum atomic E-state index is -3.54. The molecule has 1 aliphatic rings. The van der Waals surface area contributed by atoms with Crippen LogP contribution in [-0.2, 0) is 14.8 Å². The number of ether oxygens (including phenoxy) is 1. The summed E-state index contributed by atoms with van der Waals surface area (Å²) in [5.41, 5.74) is 0.603. The molecule has 0 spiro atoms. The Labute approximate surface area is 126 Å². The zero-order valence-electron chi connectivity index (χ0n) is 12.3. The van der Waals surface area contributed by atoms with E-state index in [1.165, 1.54) is 6.20 Å². The molecule has 0 unspecified atom stereocenters. The lowest BCUT2D eigenvalue weighted by Crippen LogP contribution is -2.32. The van der Waals surface area contributed by atoms with E-state index >= 15 is 0 Å².